The van der Waals surface area contributed by atoms with Crippen LogP contribution in [0.3, 0.4) is 0 Å². The second-order valence-electron chi connectivity index (χ2n) is 7.74. The van der Waals surface area contributed by atoms with Crippen molar-refractivity contribution in [3.05, 3.63) is 30.1 Å². The largest absolute Gasteiger partial charge is 0.353 e. The molecule has 2 aliphatic rings. The van der Waals surface area contributed by atoms with E-state index in [1.807, 2.05) is 24.3 Å². The van der Waals surface area contributed by atoms with Gasteiger partial charge in [-0.3, -0.25) is 9.59 Å². The smallest absolute Gasteiger partial charge is 0.259 e. The Balaban J connectivity index is 1.32. The first-order valence-electron chi connectivity index (χ1n) is 9.72. The molecule has 4 rings (SSSR count). The third-order valence-electron chi connectivity index (χ3n) is 5.46. The van der Waals surface area contributed by atoms with Crippen molar-refractivity contribution in [2.45, 2.75) is 44.2 Å². The number of halogens is 1. The normalized spacial score (nSPS) is 22.8. The number of piperidine rings is 1. The molecule has 6 nitrogen and oxygen atoms in total. The number of fused-ring (bicyclic) bond motifs is 1. The Morgan fingerprint density at radius 2 is 2.15 bits per heavy atom. The molecule has 2 amide bonds. The summed E-state index contributed by atoms with van der Waals surface area (Å²) in [6.07, 6.45) is 3.61. The Labute approximate surface area is 157 Å². The summed E-state index contributed by atoms with van der Waals surface area (Å²) in [5.74, 6) is 0.550. The molecule has 2 aromatic rings. The fourth-order valence-corrected chi connectivity index (χ4v) is 3.63. The Hall–Kier alpha value is -2.44. The molecule has 0 bridgehead atoms. The number of aromatic amines is 1. The molecule has 1 aromatic carbocycles. The zero-order valence-corrected chi connectivity index (χ0v) is 15.3. The lowest BCUT2D eigenvalue weighted by molar-refractivity contribution is -0.143. The van der Waals surface area contributed by atoms with Crippen LogP contribution in [0.15, 0.2) is 24.3 Å². The van der Waals surface area contributed by atoms with Gasteiger partial charge in [0.25, 0.3) is 5.91 Å². The van der Waals surface area contributed by atoms with Crippen LogP contribution in [0, 0.1) is 5.92 Å². The molecular weight excluding hydrogens is 347 g/mol. The molecule has 1 aliphatic carbocycles. The predicted octanol–water partition coefficient (Wildman–Crippen LogP) is 2.35. The molecule has 0 radical (unpaired) electrons. The van der Waals surface area contributed by atoms with Crippen LogP contribution >= 0.6 is 0 Å². The van der Waals surface area contributed by atoms with Gasteiger partial charge in [-0.25, -0.2) is 9.37 Å². The first kappa shape index (κ1) is 17.9. The van der Waals surface area contributed by atoms with Crippen LogP contribution < -0.4 is 5.32 Å². The molecule has 1 saturated heterocycles. The van der Waals surface area contributed by atoms with Crippen LogP contribution in [0.4, 0.5) is 4.39 Å². The third kappa shape index (κ3) is 4.12. The molecule has 27 heavy (non-hydrogen) atoms. The van der Waals surface area contributed by atoms with Crippen molar-refractivity contribution in [3.8, 4) is 0 Å². The van der Waals surface area contributed by atoms with Gasteiger partial charge in [0.05, 0.1) is 17.6 Å². The van der Waals surface area contributed by atoms with Crippen molar-refractivity contribution in [2.24, 2.45) is 5.92 Å². The van der Waals surface area contributed by atoms with E-state index in [4.69, 9.17) is 0 Å². The molecule has 1 aliphatic heterocycles. The maximum absolute atomic E-state index is 15.1. The molecule has 7 heteroatoms. The second-order valence-corrected chi connectivity index (χ2v) is 7.74. The molecule has 144 valence electrons. The minimum absolute atomic E-state index is 0.132. The summed E-state index contributed by atoms with van der Waals surface area (Å²) in [6.45, 7) is 0.896. The van der Waals surface area contributed by atoms with E-state index in [2.05, 4.69) is 15.3 Å². The number of hydrogen-bond donors (Lipinski definition) is 2. The van der Waals surface area contributed by atoms with E-state index in [0.717, 1.165) is 29.7 Å². The molecule has 2 N–H and O–H groups in total. The summed E-state index contributed by atoms with van der Waals surface area (Å²) in [5, 5.41) is 2.72. The average Bonchev–Trinajstić information content (AvgIpc) is 3.41. The van der Waals surface area contributed by atoms with Crippen molar-refractivity contribution in [1.29, 1.82) is 0 Å². The number of para-hydroxylation sites is 2. The molecule has 1 atom stereocenters. The number of rotatable bonds is 6. The summed E-state index contributed by atoms with van der Waals surface area (Å²) in [7, 11) is 0. The Kier molecular flexibility index (Phi) is 4.85. The number of carbonyl (C=O) groups excluding carboxylic acids is 2. The van der Waals surface area contributed by atoms with Crippen molar-refractivity contribution >= 4 is 22.8 Å². The van der Waals surface area contributed by atoms with E-state index in [0.29, 0.717) is 31.8 Å². The number of nitrogens with one attached hydrogen (secondary N) is 2. The van der Waals surface area contributed by atoms with E-state index in [1.165, 1.54) is 4.90 Å². The fourth-order valence-electron chi connectivity index (χ4n) is 3.63. The first-order valence-corrected chi connectivity index (χ1v) is 9.72. The number of carbonyl (C=O) groups is 2. The number of hydrogen-bond acceptors (Lipinski definition) is 3. The number of likely N-dealkylation sites (tertiary alicyclic amines) is 1. The number of benzene rings is 1. The highest BCUT2D eigenvalue weighted by Crippen LogP contribution is 2.29. The lowest BCUT2D eigenvalue weighted by atomic mass is 9.93. The monoisotopic (exact) mass is 372 g/mol. The van der Waals surface area contributed by atoms with Gasteiger partial charge in [-0.2, -0.15) is 0 Å². The zero-order chi connectivity index (χ0) is 18.9. The number of H-pyrrole nitrogens is 1. The highest BCUT2D eigenvalue weighted by atomic mass is 19.1. The fraction of sp³-hybridized carbons (Fsp3) is 0.550. The molecule has 1 saturated carbocycles. The van der Waals surface area contributed by atoms with Crippen LogP contribution in [-0.2, 0) is 16.0 Å². The van der Waals surface area contributed by atoms with Gasteiger partial charge >= 0.3 is 0 Å². The van der Waals surface area contributed by atoms with Crippen LogP contribution in [-0.4, -0.2) is 52.0 Å². The Bertz CT molecular complexity index is 814. The molecule has 1 unspecified atom stereocenters. The van der Waals surface area contributed by atoms with Crippen LogP contribution in [0.1, 0.15) is 37.9 Å². The first-order chi connectivity index (χ1) is 13.0. The minimum atomic E-state index is -1.97. The summed E-state index contributed by atoms with van der Waals surface area (Å²) in [5.41, 5.74) is -0.164. The number of amides is 2. The van der Waals surface area contributed by atoms with Gasteiger partial charge in [0, 0.05) is 25.9 Å². The second kappa shape index (κ2) is 7.29. The van der Waals surface area contributed by atoms with Crippen molar-refractivity contribution < 1.29 is 14.0 Å². The van der Waals surface area contributed by atoms with Gasteiger partial charge < -0.3 is 15.2 Å². The average molecular weight is 372 g/mol. The summed E-state index contributed by atoms with van der Waals surface area (Å²) in [4.78, 5) is 34.0. The molecular formula is C20H25FN4O2. The van der Waals surface area contributed by atoms with E-state index >= 15 is 4.39 Å². The lowest BCUT2D eigenvalue weighted by Gasteiger charge is -2.36. The summed E-state index contributed by atoms with van der Waals surface area (Å²) in [6, 6.07) is 7.70. The van der Waals surface area contributed by atoms with Gasteiger partial charge in [0.2, 0.25) is 11.6 Å². The maximum Gasteiger partial charge on any atom is 0.259 e. The van der Waals surface area contributed by atoms with Gasteiger partial charge in [-0.05, 0) is 43.7 Å². The minimum Gasteiger partial charge on any atom is -0.353 e. The van der Waals surface area contributed by atoms with Crippen LogP contribution in [0.5, 0.6) is 0 Å². The van der Waals surface area contributed by atoms with E-state index in [-0.39, 0.29) is 25.3 Å². The summed E-state index contributed by atoms with van der Waals surface area (Å²) >= 11 is 0. The highest BCUT2D eigenvalue weighted by molar-refractivity contribution is 5.87. The number of nitrogens with zero attached hydrogens (tertiary/aromatic N) is 2. The molecule has 1 aromatic heterocycles. The molecule has 2 fully saturated rings. The summed E-state index contributed by atoms with van der Waals surface area (Å²) < 4.78 is 15.1. The van der Waals surface area contributed by atoms with E-state index in [9.17, 15) is 9.59 Å². The highest BCUT2D eigenvalue weighted by Gasteiger charge is 2.44. The Morgan fingerprint density at radius 1 is 1.33 bits per heavy atom. The van der Waals surface area contributed by atoms with Crippen LogP contribution in [0.25, 0.3) is 11.0 Å². The van der Waals surface area contributed by atoms with Crippen LogP contribution in [0.2, 0.25) is 0 Å². The maximum atomic E-state index is 15.1. The number of aryl methyl sites for hydroxylation is 1. The predicted molar refractivity (Wildman–Crippen MR) is 99.8 cm³/mol. The number of alkyl halides is 1. The van der Waals surface area contributed by atoms with Gasteiger partial charge in [-0.15, -0.1) is 0 Å². The van der Waals surface area contributed by atoms with Crippen molar-refractivity contribution in [2.75, 3.05) is 19.6 Å². The number of imidazole rings is 1. The number of aromatic nitrogens is 2. The van der Waals surface area contributed by atoms with Crippen molar-refractivity contribution in [3.63, 3.8) is 0 Å². The topological polar surface area (TPSA) is 78.1 Å². The SMILES string of the molecule is O=C(CCc1nc2ccccc2[nH]1)N1CCCC(F)(C(=O)NCC2CC2)C1. The molecule has 2 heterocycles. The van der Waals surface area contributed by atoms with E-state index in [1.54, 1.807) is 0 Å². The van der Waals surface area contributed by atoms with Gasteiger partial charge in [0.15, 0.2) is 0 Å². The van der Waals surface area contributed by atoms with Gasteiger partial charge in [0.1, 0.15) is 5.82 Å². The van der Waals surface area contributed by atoms with Crippen molar-refractivity contribution in [1.82, 2.24) is 20.2 Å². The lowest BCUT2D eigenvalue weighted by Crippen LogP contribution is -2.55. The quantitative estimate of drug-likeness (QED) is 0.817. The van der Waals surface area contributed by atoms with Gasteiger partial charge in [-0.1, -0.05) is 12.1 Å². The molecule has 0 spiro atoms. The Morgan fingerprint density at radius 3 is 2.93 bits per heavy atom. The van der Waals surface area contributed by atoms with E-state index < -0.39 is 11.6 Å². The zero-order valence-electron chi connectivity index (χ0n) is 15.3. The third-order valence-corrected chi connectivity index (χ3v) is 5.46. The standard InChI is InChI=1S/C20H25FN4O2/c21-20(19(27)22-12-14-6-7-14)10-3-11-25(13-20)18(26)9-8-17-23-15-4-1-2-5-16(15)24-17/h1-2,4-5,14H,3,6-13H2,(H,22,27)(H,23,24).